The van der Waals surface area contributed by atoms with Gasteiger partial charge in [0.2, 0.25) is 0 Å². The van der Waals surface area contributed by atoms with Gasteiger partial charge in [0.1, 0.15) is 6.23 Å². The average molecular weight is 170 g/mol. The van der Waals surface area contributed by atoms with Crippen molar-refractivity contribution in [3.8, 4) is 0 Å². The number of nitrogens with zero attached hydrogens (tertiary/aromatic N) is 2. The van der Waals surface area contributed by atoms with E-state index in [0.717, 1.165) is 22.3 Å². The molecule has 0 spiro atoms. The van der Waals surface area contributed by atoms with Gasteiger partial charge in [0.25, 0.3) is 0 Å². The minimum atomic E-state index is -0.365. The van der Waals surface area contributed by atoms with Crippen molar-refractivity contribution in [2.75, 3.05) is 5.75 Å². The van der Waals surface area contributed by atoms with Gasteiger partial charge in [0.05, 0.1) is 5.69 Å². The Morgan fingerprint density at radius 2 is 2.36 bits per heavy atom. The lowest BCUT2D eigenvalue weighted by molar-refractivity contribution is 0.125. The van der Waals surface area contributed by atoms with Crippen LogP contribution in [0.15, 0.2) is 5.16 Å². The lowest BCUT2D eigenvalue weighted by atomic mass is 10.4. The van der Waals surface area contributed by atoms with Crippen LogP contribution in [0.5, 0.6) is 0 Å². The van der Waals surface area contributed by atoms with E-state index in [9.17, 15) is 5.11 Å². The third-order valence-corrected chi connectivity index (χ3v) is 3.02. The molecule has 11 heavy (non-hydrogen) atoms. The fourth-order valence-electron chi connectivity index (χ4n) is 1.27. The summed E-state index contributed by atoms with van der Waals surface area (Å²) in [7, 11) is 0. The third kappa shape index (κ3) is 0.895. The van der Waals surface area contributed by atoms with Crippen LogP contribution < -0.4 is 0 Å². The maximum Gasteiger partial charge on any atom is 0.170 e. The zero-order valence-electron chi connectivity index (χ0n) is 6.53. The molecular formula is C7H10N2OS. The SMILES string of the molecule is Cc1nc2n(c1C)C(O)CS2. The van der Waals surface area contributed by atoms with Gasteiger partial charge >= 0.3 is 0 Å². The van der Waals surface area contributed by atoms with Crippen LogP contribution in [0.3, 0.4) is 0 Å². The summed E-state index contributed by atoms with van der Waals surface area (Å²) in [5, 5.41) is 10.4. The number of aliphatic hydroxyl groups excluding tert-OH is 1. The molecule has 0 radical (unpaired) electrons. The molecule has 1 aromatic rings. The van der Waals surface area contributed by atoms with Crippen molar-refractivity contribution >= 4 is 11.8 Å². The monoisotopic (exact) mass is 170 g/mol. The minimum Gasteiger partial charge on any atom is -0.372 e. The molecule has 0 fully saturated rings. The highest BCUT2D eigenvalue weighted by Crippen LogP contribution is 2.33. The number of imidazole rings is 1. The summed E-state index contributed by atoms with van der Waals surface area (Å²) in [6, 6.07) is 0. The largest absolute Gasteiger partial charge is 0.372 e. The van der Waals surface area contributed by atoms with Crippen LogP contribution in [0.4, 0.5) is 0 Å². The highest BCUT2D eigenvalue weighted by Gasteiger charge is 2.24. The Hall–Kier alpha value is -0.480. The van der Waals surface area contributed by atoms with Crippen LogP contribution in [0.2, 0.25) is 0 Å². The van der Waals surface area contributed by atoms with Crippen molar-refractivity contribution < 1.29 is 5.11 Å². The molecule has 1 atom stereocenters. The first kappa shape index (κ1) is 7.18. The van der Waals surface area contributed by atoms with Gasteiger partial charge in [-0.25, -0.2) is 4.98 Å². The van der Waals surface area contributed by atoms with Crippen molar-refractivity contribution in [1.29, 1.82) is 0 Å². The Bertz CT molecular complexity index is 295. The quantitative estimate of drug-likeness (QED) is 0.633. The van der Waals surface area contributed by atoms with Gasteiger partial charge in [0, 0.05) is 11.4 Å². The van der Waals surface area contributed by atoms with Crippen molar-refractivity contribution in [1.82, 2.24) is 9.55 Å². The fourth-order valence-corrected chi connectivity index (χ4v) is 2.32. The smallest absolute Gasteiger partial charge is 0.170 e. The summed E-state index contributed by atoms with van der Waals surface area (Å²) in [6.07, 6.45) is -0.365. The summed E-state index contributed by atoms with van der Waals surface area (Å²) in [6.45, 7) is 3.95. The molecule has 0 saturated heterocycles. The highest BCUT2D eigenvalue weighted by atomic mass is 32.2. The number of fused-ring (bicyclic) bond motifs is 1. The molecule has 2 heterocycles. The second-order valence-corrected chi connectivity index (χ2v) is 3.71. The summed E-state index contributed by atoms with van der Waals surface area (Å²) in [5.41, 5.74) is 2.10. The maximum absolute atomic E-state index is 9.48. The topological polar surface area (TPSA) is 38.0 Å². The van der Waals surface area contributed by atoms with Gasteiger partial charge in [0.15, 0.2) is 5.16 Å². The van der Waals surface area contributed by atoms with Crippen LogP contribution >= 0.6 is 11.8 Å². The van der Waals surface area contributed by atoms with E-state index in [1.165, 1.54) is 0 Å². The standard InChI is InChI=1S/C7H10N2OS/c1-4-5(2)9-6(10)3-11-7(9)8-4/h6,10H,3H2,1-2H3. The second-order valence-electron chi connectivity index (χ2n) is 2.73. The molecule has 60 valence electrons. The zero-order chi connectivity index (χ0) is 8.01. The minimum absolute atomic E-state index is 0.365. The second kappa shape index (κ2) is 2.25. The van der Waals surface area contributed by atoms with E-state index in [4.69, 9.17) is 0 Å². The molecule has 0 saturated carbocycles. The fraction of sp³-hybridized carbons (Fsp3) is 0.571. The van der Waals surface area contributed by atoms with Gasteiger partial charge in [-0.3, -0.25) is 4.57 Å². The normalized spacial score (nSPS) is 22.3. The highest BCUT2D eigenvalue weighted by molar-refractivity contribution is 7.99. The number of aromatic nitrogens is 2. The van der Waals surface area contributed by atoms with Gasteiger partial charge in [-0.15, -0.1) is 0 Å². The van der Waals surface area contributed by atoms with Gasteiger partial charge in [-0.05, 0) is 13.8 Å². The zero-order valence-corrected chi connectivity index (χ0v) is 7.35. The molecule has 3 nitrogen and oxygen atoms in total. The van der Waals surface area contributed by atoms with E-state index < -0.39 is 0 Å². The lowest BCUT2D eigenvalue weighted by Gasteiger charge is -2.05. The molecule has 1 unspecified atom stereocenters. The Morgan fingerprint density at radius 3 is 3.00 bits per heavy atom. The van der Waals surface area contributed by atoms with Crippen LogP contribution in [0, 0.1) is 13.8 Å². The molecule has 0 bridgehead atoms. The van der Waals surface area contributed by atoms with Crippen LogP contribution in [-0.2, 0) is 0 Å². The Kier molecular flexibility index (Phi) is 1.47. The van der Waals surface area contributed by atoms with E-state index in [1.807, 2.05) is 18.4 Å². The van der Waals surface area contributed by atoms with Crippen molar-refractivity contribution in [3.05, 3.63) is 11.4 Å². The molecule has 1 aromatic heterocycles. The number of hydrogen-bond donors (Lipinski definition) is 1. The summed E-state index contributed by atoms with van der Waals surface area (Å²) in [5.74, 6) is 0.740. The number of hydrogen-bond acceptors (Lipinski definition) is 3. The molecule has 0 amide bonds. The summed E-state index contributed by atoms with van der Waals surface area (Å²) >= 11 is 1.61. The van der Waals surface area contributed by atoms with E-state index in [0.29, 0.717) is 0 Å². The number of thioether (sulfide) groups is 1. The lowest BCUT2D eigenvalue weighted by Crippen LogP contribution is -2.06. The average Bonchev–Trinajstić information content (AvgIpc) is 2.41. The first-order valence-corrected chi connectivity index (χ1v) is 4.55. The van der Waals surface area contributed by atoms with Crippen molar-refractivity contribution in [3.63, 3.8) is 0 Å². The number of aryl methyl sites for hydroxylation is 1. The van der Waals surface area contributed by atoms with Crippen LogP contribution in [0.25, 0.3) is 0 Å². The first-order chi connectivity index (χ1) is 5.20. The molecule has 1 N–H and O–H groups in total. The van der Waals surface area contributed by atoms with Crippen molar-refractivity contribution in [2.45, 2.75) is 25.2 Å². The number of aliphatic hydroxyl groups is 1. The predicted octanol–water partition coefficient (Wildman–Crippen LogP) is 1.10. The van der Waals surface area contributed by atoms with Gasteiger partial charge in [-0.2, -0.15) is 0 Å². The Balaban J connectivity index is 2.58. The van der Waals surface area contributed by atoms with Crippen molar-refractivity contribution in [2.24, 2.45) is 0 Å². The van der Waals surface area contributed by atoms with Crippen LogP contribution in [-0.4, -0.2) is 20.4 Å². The van der Waals surface area contributed by atoms with E-state index in [-0.39, 0.29) is 6.23 Å². The maximum atomic E-state index is 9.48. The number of rotatable bonds is 0. The Morgan fingerprint density at radius 1 is 1.64 bits per heavy atom. The molecule has 0 aliphatic carbocycles. The third-order valence-electron chi connectivity index (χ3n) is 2.01. The van der Waals surface area contributed by atoms with Crippen LogP contribution in [0.1, 0.15) is 17.6 Å². The Labute approximate surface area is 69.4 Å². The molecule has 2 rings (SSSR count). The summed E-state index contributed by atoms with van der Waals surface area (Å²) < 4.78 is 1.89. The van der Waals surface area contributed by atoms with E-state index in [2.05, 4.69) is 4.98 Å². The molecular weight excluding hydrogens is 160 g/mol. The molecule has 0 aromatic carbocycles. The first-order valence-electron chi connectivity index (χ1n) is 3.56. The molecule has 4 heteroatoms. The van der Waals surface area contributed by atoms with E-state index in [1.54, 1.807) is 11.8 Å². The van der Waals surface area contributed by atoms with E-state index >= 15 is 0 Å². The summed E-state index contributed by atoms with van der Waals surface area (Å²) in [4.78, 5) is 4.31. The molecule has 1 aliphatic heterocycles. The molecule has 1 aliphatic rings. The van der Waals surface area contributed by atoms with Gasteiger partial charge in [-0.1, -0.05) is 11.8 Å². The predicted molar refractivity (Wildman–Crippen MR) is 43.7 cm³/mol. The van der Waals surface area contributed by atoms with Gasteiger partial charge < -0.3 is 5.11 Å².